The fourth-order valence-corrected chi connectivity index (χ4v) is 2.67. The summed E-state index contributed by atoms with van der Waals surface area (Å²) >= 11 is 0. The molecule has 0 bridgehead atoms. The van der Waals surface area contributed by atoms with Crippen LogP contribution in [0.3, 0.4) is 0 Å². The Bertz CT molecular complexity index is 543. The Labute approximate surface area is 130 Å². The Hall–Kier alpha value is -1.99. The smallest absolute Gasteiger partial charge is 0.231 e. The van der Waals surface area contributed by atoms with Gasteiger partial charge in [0, 0.05) is 19.6 Å². The van der Waals surface area contributed by atoms with Gasteiger partial charge in [-0.25, -0.2) is 4.99 Å². The van der Waals surface area contributed by atoms with E-state index in [-0.39, 0.29) is 6.79 Å². The van der Waals surface area contributed by atoms with Crippen LogP contribution in [-0.2, 0) is 6.54 Å². The van der Waals surface area contributed by atoms with Gasteiger partial charge in [-0.2, -0.15) is 0 Å². The van der Waals surface area contributed by atoms with Crippen LogP contribution in [0.15, 0.2) is 23.2 Å². The number of ether oxygens (including phenoxy) is 2. The predicted octanol–water partition coefficient (Wildman–Crippen LogP) is 0.548. The lowest BCUT2D eigenvalue weighted by molar-refractivity contribution is 0.174. The number of aliphatic imine (C=N–C) groups is 1. The van der Waals surface area contributed by atoms with Crippen molar-refractivity contribution in [1.29, 1.82) is 0 Å². The molecule has 0 amide bonds. The Kier molecular flexibility index (Phi) is 4.65. The Morgan fingerprint density at radius 3 is 2.82 bits per heavy atom. The molecule has 2 heterocycles. The van der Waals surface area contributed by atoms with Crippen molar-refractivity contribution >= 4 is 5.96 Å². The number of guanidine groups is 1. The lowest BCUT2D eigenvalue weighted by atomic mass is 10.1. The maximum atomic E-state index is 6.01. The van der Waals surface area contributed by atoms with Crippen LogP contribution >= 0.6 is 0 Å². The lowest BCUT2D eigenvalue weighted by Gasteiger charge is -2.28. The zero-order valence-electron chi connectivity index (χ0n) is 12.6. The third kappa shape index (κ3) is 3.61. The Balaban J connectivity index is 1.52. The fraction of sp³-hybridized carbons (Fsp3) is 0.533. The van der Waals surface area contributed by atoms with E-state index < -0.39 is 6.29 Å². The van der Waals surface area contributed by atoms with Gasteiger partial charge in [-0.15, -0.1) is 0 Å². The molecule has 22 heavy (non-hydrogen) atoms. The summed E-state index contributed by atoms with van der Waals surface area (Å²) in [5.74, 6) is 2.06. The summed E-state index contributed by atoms with van der Waals surface area (Å²) in [6.45, 7) is 2.80. The van der Waals surface area contributed by atoms with Crippen molar-refractivity contribution in [3.05, 3.63) is 23.8 Å². The molecule has 0 aromatic heterocycles. The number of hydrogen-bond donors (Lipinski definition) is 3. The molecule has 1 fully saturated rings. The molecule has 120 valence electrons. The standard InChI is InChI=1S/C15H23N5O2/c16-14(19-15(17)20-6-2-1-3-7-20)18-9-11-4-5-12-13(8-11)22-10-21-12/h4-5,8,14,18H,1-3,6-7,9-10,16H2,(H2,17,19). The number of rotatable bonds is 4. The second-order valence-corrected chi connectivity index (χ2v) is 5.55. The monoisotopic (exact) mass is 305 g/mol. The minimum absolute atomic E-state index is 0.280. The third-order valence-electron chi connectivity index (χ3n) is 3.90. The van der Waals surface area contributed by atoms with Gasteiger partial charge in [0.2, 0.25) is 6.79 Å². The van der Waals surface area contributed by atoms with E-state index in [2.05, 4.69) is 15.2 Å². The van der Waals surface area contributed by atoms with Gasteiger partial charge in [-0.3, -0.25) is 11.1 Å². The largest absolute Gasteiger partial charge is 0.454 e. The minimum Gasteiger partial charge on any atom is -0.454 e. The highest BCUT2D eigenvalue weighted by molar-refractivity contribution is 5.78. The number of piperidine rings is 1. The topological polar surface area (TPSA) is 98.1 Å². The van der Waals surface area contributed by atoms with Gasteiger partial charge >= 0.3 is 0 Å². The van der Waals surface area contributed by atoms with Crippen LogP contribution in [0.5, 0.6) is 11.5 Å². The van der Waals surface area contributed by atoms with Crippen molar-refractivity contribution in [2.75, 3.05) is 19.9 Å². The highest BCUT2D eigenvalue weighted by Crippen LogP contribution is 2.32. The first kappa shape index (κ1) is 14.9. The molecule has 0 radical (unpaired) electrons. The van der Waals surface area contributed by atoms with Crippen LogP contribution < -0.4 is 26.3 Å². The van der Waals surface area contributed by atoms with Crippen LogP contribution in [0.4, 0.5) is 0 Å². The first-order chi connectivity index (χ1) is 10.7. The van der Waals surface area contributed by atoms with Gasteiger partial charge < -0.3 is 20.1 Å². The molecule has 7 heteroatoms. The average Bonchev–Trinajstić information content (AvgIpc) is 3.01. The molecular formula is C15H23N5O2. The molecule has 1 saturated heterocycles. The molecular weight excluding hydrogens is 282 g/mol. The SMILES string of the molecule is NC(=NC(N)NCc1ccc2c(c1)OCO2)N1CCCCC1. The van der Waals surface area contributed by atoms with Crippen LogP contribution in [0.25, 0.3) is 0 Å². The molecule has 3 rings (SSSR count). The van der Waals surface area contributed by atoms with Crippen LogP contribution in [0.2, 0.25) is 0 Å². The number of benzene rings is 1. The van der Waals surface area contributed by atoms with Crippen molar-refractivity contribution in [2.24, 2.45) is 16.5 Å². The molecule has 1 unspecified atom stereocenters. The van der Waals surface area contributed by atoms with Gasteiger partial charge in [-0.1, -0.05) is 6.07 Å². The van der Waals surface area contributed by atoms with E-state index in [1.807, 2.05) is 18.2 Å². The van der Waals surface area contributed by atoms with E-state index in [4.69, 9.17) is 20.9 Å². The zero-order chi connectivity index (χ0) is 15.4. The van der Waals surface area contributed by atoms with E-state index in [9.17, 15) is 0 Å². The molecule has 1 aromatic rings. The third-order valence-corrected chi connectivity index (χ3v) is 3.90. The maximum Gasteiger partial charge on any atom is 0.231 e. The van der Waals surface area contributed by atoms with E-state index in [0.29, 0.717) is 12.5 Å². The van der Waals surface area contributed by atoms with E-state index >= 15 is 0 Å². The molecule has 2 aliphatic rings. The number of fused-ring (bicyclic) bond motifs is 1. The summed E-state index contributed by atoms with van der Waals surface area (Å²) in [6.07, 6.45) is 3.07. The van der Waals surface area contributed by atoms with Crippen LogP contribution in [0.1, 0.15) is 24.8 Å². The van der Waals surface area contributed by atoms with Gasteiger partial charge in [0.15, 0.2) is 23.7 Å². The molecule has 7 nitrogen and oxygen atoms in total. The second kappa shape index (κ2) is 6.85. The van der Waals surface area contributed by atoms with E-state index in [1.165, 1.54) is 6.42 Å². The summed E-state index contributed by atoms with van der Waals surface area (Å²) in [6, 6.07) is 5.82. The number of likely N-dealkylation sites (tertiary alicyclic amines) is 1. The highest BCUT2D eigenvalue weighted by atomic mass is 16.7. The van der Waals surface area contributed by atoms with Crippen molar-refractivity contribution in [3.8, 4) is 11.5 Å². The molecule has 0 aliphatic carbocycles. The molecule has 5 N–H and O–H groups in total. The first-order valence-corrected chi connectivity index (χ1v) is 7.68. The minimum atomic E-state index is -0.521. The van der Waals surface area contributed by atoms with Crippen molar-refractivity contribution < 1.29 is 9.47 Å². The van der Waals surface area contributed by atoms with E-state index in [0.717, 1.165) is 43.0 Å². The van der Waals surface area contributed by atoms with Crippen molar-refractivity contribution in [1.82, 2.24) is 10.2 Å². The molecule has 1 aromatic carbocycles. The summed E-state index contributed by atoms with van der Waals surface area (Å²) < 4.78 is 10.6. The van der Waals surface area contributed by atoms with Gasteiger partial charge in [-0.05, 0) is 37.0 Å². The number of hydrogen-bond acceptors (Lipinski definition) is 5. The summed E-state index contributed by atoms with van der Waals surface area (Å²) in [4.78, 5) is 6.41. The normalized spacial score (nSPS) is 19.3. The van der Waals surface area contributed by atoms with Crippen LogP contribution in [0, 0.1) is 0 Å². The molecule has 2 aliphatic heterocycles. The quantitative estimate of drug-likeness (QED) is 0.427. The Morgan fingerprint density at radius 2 is 2.00 bits per heavy atom. The number of nitrogens with two attached hydrogens (primary N) is 2. The lowest BCUT2D eigenvalue weighted by Crippen LogP contribution is -2.44. The predicted molar refractivity (Wildman–Crippen MR) is 84.4 cm³/mol. The van der Waals surface area contributed by atoms with Crippen molar-refractivity contribution in [2.45, 2.75) is 32.1 Å². The summed E-state index contributed by atoms with van der Waals surface area (Å²) in [5, 5.41) is 3.15. The summed E-state index contributed by atoms with van der Waals surface area (Å²) in [7, 11) is 0. The van der Waals surface area contributed by atoms with Gasteiger partial charge in [0.25, 0.3) is 0 Å². The first-order valence-electron chi connectivity index (χ1n) is 7.68. The number of nitrogens with one attached hydrogen (secondary N) is 1. The van der Waals surface area contributed by atoms with E-state index in [1.54, 1.807) is 0 Å². The Morgan fingerprint density at radius 1 is 1.23 bits per heavy atom. The zero-order valence-corrected chi connectivity index (χ0v) is 12.6. The van der Waals surface area contributed by atoms with Crippen molar-refractivity contribution in [3.63, 3.8) is 0 Å². The van der Waals surface area contributed by atoms with Gasteiger partial charge in [0.05, 0.1) is 0 Å². The molecule has 0 saturated carbocycles. The second-order valence-electron chi connectivity index (χ2n) is 5.55. The average molecular weight is 305 g/mol. The highest BCUT2D eigenvalue weighted by Gasteiger charge is 2.14. The van der Waals surface area contributed by atoms with Gasteiger partial charge in [0.1, 0.15) is 0 Å². The fourth-order valence-electron chi connectivity index (χ4n) is 2.67. The molecule has 0 spiro atoms. The molecule has 1 atom stereocenters. The summed E-state index contributed by atoms with van der Waals surface area (Å²) in [5.41, 5.74) is 13.1. The number of nitrogens with zero attached hydrogens (tertiary/aromatic N) is 2. The maximum absolute atomic E-state index is 6.01. The van der Waals surface area contributed by atoms with Crippen LogP contribution in [-0.4, -0.2) is 37.0 Å².